The van der Waals surface area contributed by atoms with Gasteiger partial charge >= 0.3 is 17.1 Å². The standard InChI is InChI=1S/C23H25N5O5S/c24-18-10-5-4-9-17(18)11-13-27-21-20(25-19(26-21)15-16-7-2-1-3-8-16)22(29)28(23(27)30)12-6-14-33-34(31)32/h1-5,7-10H,6,11-15,24H2,(H,25,26)(H,31,32). The molecule has 10 nitrogen and oxygen atoms in total. The van der Waals surface area contributed by atoms with Crippen LogP contribution in [0.2, 0.25) is 0 Å². The van der Waals surface area contributed by atoms with E-state index >= 15 is 0 Å². The summed E-state index contributed by atoms with van der Waals surface area (Å²) in [5.74, 6) is 0.572. The molecule has 0 radical (unpaired) electrons. The molecular formula is C23H25N5O5S. The molecule has 11 heteroatoms. The van der Waals surface area contributed by atoms with Gasteiger partial charge in [0.05, 0.1) is 6.61 Å². The highest BCUT2D eigenvalue weighted by atomic mass is 32.2. The molecule has 0 amide bonds. The summed E-state index contributed by atoms with van der Waals surface area (Å²) in [6.45, 7) is 0.234. The lowest BCUT2D eigenvalue weighted by atomic mass is 10.1. The highest BCUT2D eigenvalue weighted by Gasteiger charge is 2.18. The minimum atomic E-state index is -2.40. The Labute approximate surface area is 197 Å². The fourth-order valence-electron chi connectivity index (χ4n) is 3.83. The van der Waals surface area contributed by atoms with E-state index in [2.05, 4.69) is 14.2 Å². The van der Waals surface area contributed by atoms with Crippen LogP contribution in [0, 0.1) is 0 Å². The number of hydrogen-bond donors (Lipinski definition) is 3. The van der Waals surface area contributed by atoms with Gasteiger partial charge in [0.1, 0.15) is 11.3 Å². The van der Waals surface area contributed by atoms with Gasteiger partial charge in [-0.25, -0.2) is 9.78 Å². The molecule has 0 bridgehead atoms. The number of H-pyrrole nitrogens is 1. The Morgan fingerprint density at radius 2 is 1.76 bits per heavy atom. The molecular weight excluding hydrogens is 458 g/mol. The number of aromatic amines is 1. The van der Waals surface area contributed by atoms with Crippen LogP contribution >= 0.6 is 0 Å². The summed E-state index contributed by atoms with van der Waals surface area (Å²) in [7, 11) is 0. The second-order valence-electron chi connectivity index (χ2n) is 7.78. The van der Waals surface area contributed by atoms with Crippen LogP contribution in [0.5, 0.6) is 0 Å². The van der Waals surface area contributed by atoms with Crippen molar-refractivity contribution in [2.24, 2.45) is 0 Å². The predicted octanol–water partition coefficient (Wildman–Crippen LogP) is 1.85. The minimum absolute atomic E-state index is 0.0331. The summed E-state index contributed by atoms with van der Waals surface area (Å²) in [5.41, 5.74) is 8.12. The number of nitrogens with two attached hydrogens (primary N) is 1. The summed E-state index contributed by atoms with van der Waals surface area (Å²) < 4.78 is 26.7. The van der Waals surface area contributed by atoms with Gasteiger partial charge in [-0.05, 0) is 30.0 Å². The fourth-order valence-corrected chi connectivity index (χ4v) is 4.09. The third-order valence-corrected chi connectivity index (χ3v) is 5.86. The SMILES string of the molecule is Nc1ccccc1CCn1c(=O)n(CCCOS(=O)O)c(=O)c2[nH]c(Cc3ccccc3)nc21. The minimum Gasteiger partial charge on any atom is -0.399 e. The van der Waals surface area contributed by atoms with E-state index in [9.17, 15) is 13.8 Å². The summed E-state index contributed by atoms with van der Waals surface area (Å²) in [4.78, 5) is 34.1. The third kappa shape index (κ3) is 5.33. The van der Waals surface area contributed by atoms with E-state index < -0.39 is 22.6 Å². The van der Waals surface area contributed by atoms with Crippen LogP contribution < -0.4 is 17.0 Å². The van der Waals surface area contributed by atoms with Gasteiger partial charge in [-0.3, -0.25) is 22.7 Å². The van der Waals surface area contributed by atoms with Crippen molar-refractivity contribution < 1.29 is 12.9 Å². The van der Waals surface area contributed by atoms with Gasteiger partial charge in [0, 0.05) is 25.2 Å². The lowest BCUT2D eigenvalue weighted by Crippen LogP contribution is -2.40. The Morgan fingerprint density at radius 3 is 2.50 bits per heavy atom. The number of anilines is 1. The second-order valence-corrected chi connectivity index (χ2v) is 8.45. The van der Waals surface area contributed by atoms with E-state index in [1.807, 2.05) is 48.5 Å². The average molecular weight is 484 g/mol. The van der Waals surface area contributed by atoms with Crippen LogP contribution in [0.15, 0.2) is 64.2 Å². The number of aromatic nitrogens is 4. The number of hydrogen-bond acceptors (Lipinski definition) is 6. The fraction of sp³-hybridized carbons (Fsp3) is 0.261. The number of aryl methyl sites for hydroxylation is 2. The zero-order valence-electron chi connectivity index (χ0n) is 18.3. The van der Waals surface area contributed by atoms with E-state index in [1.54, 1.807) is 6.07 Å². The van der Waals surface area contributed by atoms with Crippen LogP contribution in [-0.2, 0) is 41.5 Å². The number of nitrogens with zero attached hydrogens (tertiary/aromatic N) is 3. The second kappa shape index (κ2) is 10.6. The first-order valence-corrected chi connectivity index (χ1v) is 11.8. The van der Waals surface area contributed by atoms with Crippen LogP contribution in [0.3, 0.4) is 0 Å². The number of para-hydroxylation sites is 1. The molecule has 0 aliphatic heterocycles. The summed E-state index contributed by atoms with van der Waals surface area (Å²) in [5, 5.41) is 0. The summed E-state index contributed by atoms with van der Waals surface area (Å²) in [6.07, 6.45) is 1.17. The maximum atomic E-state index is 13.3. The van der Waals surface area contributed by atoms with E-state index in [0.717, 1.165) is 15.7 Å². The first kappa shape index (κ1) is 23.6. The molecule has 0 spiro atoms. The maximum absolute atomic E-state index is 13.3. The van der Waals surface area contributed by atoms with Gasteiger partial charge in [-0.1, -0.05) is 48.5 Å². The van der Waals surface area contributed by atoms with Gasteiger partial charge in [0.15, 0.2) is 5.65 Å². The van der Waals surface area contributed by atoms with Crippen molar-refractivity contribution in [2.75, 3.05) is 12.3 Å². The van der Waals surface area contributed by atoms with Gasteiger partial charge in [-0.2, -0.15) is 4.21 Å². The lowest BCUT2D eigenvalue weighted by Gasteiger charge is -2.12. The smallest absolute Gasteiger partial charge is 0.332 e. The van der Waals surface area contributed by atoms with E-state index in [-0.39, 0.29) is 31.6 Å². The zero-order chi connectivity index (χ0) is 24.1. The molecule has 0 saturated carbocycles. The van der Waals surface area contributed by atoms with Crippen molar-refractivity contribution in [2.45, 2.75) is 32.4 Å². The largest absolute Gasteiger partial charge is 0.399 e. The monoisotopic (exact) mass is 483 g/mol. The van der Waals surface area contributed by atoms with Crippen molar-refractivity contribution in [3.63, 3.8) is 0 Å². The van der Waals surface area contributed by atoms with Crippen molar-refractivity contribution in [1.82, 2.24) is 19.1 Å². The van der Waals surface area contributed by atoms with Crippen molar-refractivity contribution in [1.29, 1.82) is 0 Å². The quantitative estimate of drug-likeness (QED) is 0.177. The molecule has 1 unspecified atom stereocenters. The first-order chi connectivity index (χ1) is 16.4. The molecule has 178 valence electrons. The van der Waals surface area contributed by atoms with Crippen molar-refractivity contribution in [3.8, 4) is 0 Å². The highest BCUT2D eigenvalue weighted by Crippen LogP contribution is 2.14. The maximum Gasteiger partial charge on any atom is 0.332 e. The highest BCUT2D eigenvalue weighted by molar-refractivity contribution is 7.74. The molecule has 2 aromatic carbocycles. The van der Waals surface area contributed by atoms with Gasteiger partial charge in [0.2, 0.25) is 0 Å². The Morgan fingerprint density at radius 1 is 1.03 bits per heavy atom. The van der Waals surface area contributed by atoms with E-state index in [1.165, 1.54) is 4.57 Å². The van der Waals surface area contributed by atoms with Crippen LogP contribution in [0.25, 0.3) is 11.2 Å². The van der Waals surface area contributed by atoms with Crippen LogP contribution in [0.1, 0.15) is 23.4 Å². The molecule has 4 N–H and O–H groups in total. The average Bonchev–Trinajstić information content (AvgIpc) is 3.23. The van der Waals surface area contributed by atoms with Gasteiger partial charge in [0.25, 0.3) is 5.56 Å². The van der Waals surface area contributed by atoms with Crippen LogP contribution in [0.4, 0.5) is 5.69 Å². The number of imidazole rings is 1. The van der Waals surface area contributed by atoms with E-state index in [4.69, 9.17) is 10.3 Å². The molecule has 4 aromatic rings. The number of nitrogens with one attached hydrogen (secondary N) is 1. The first-order valence-electron chi connectivity index (χ1n) is 10.8. The topological polar surface area (TPSA) is 145 Å². The molecule has 2 aromatic heterocycles. The molecule has 0 saturated heterocycles. The number of rotatable bonds is 10. The van der Waals surface area contributed by atoms with Gasteiger partial charge < -0.3 is 10.7 Å². The molecule has 0 fully saturated rings. The normalized spacial score (nSPS) is 12.3. The summed E-state index contributed by atoms with van der Waals surface area (Å²) >= 11 is -2.40. The zero-order valence-corrected chi connectivity index (χ0v) is 19.2. The predicted molar refractivity (Wildman–Crippen MR) is 130 cm³/mol. The molecule has 1 atom stereocenters. The Kier molecular flexibility index (Phi) is 7.36. The van der Waals surface area contributed by atoms with E-state index in [0.29, 0.717) is 30.0 Å². The Bertz CT molecular complexity index is 1430. The van der Waals surface area contributed by atoms with Crippen molar-refractivity contribution >= 4 is 28.2 Å². The molecule has 2 heterocycles. The lowest BCUT2D eigenvalue weighted by molar-refractivity contribution is 0.292. The number of nitrogen functional groups attached to an aromatic ring is 1. The van der Waals surface area contributed by atoms with Crippen molar-refractivity contribution in [3.05, 3.63) is 92.4 Å². The third-order valence-electron chi connectivity index (χ3n) is 5.49. The molecule has 4 rings (SSSR count). The number of benzene rings is 2. The van der Waals surface area contributed by atoms with Crippen LogP contribution in [-0.4, -0.2) is 34.5 Å². The summed E-state index contributed by atoms with van der Waals surface area (Å²) in [6, 6.07) is 17.1. The number of fused-ring (bicyclic) bond motifs is 1. The molecule has 34 heavy (non-hydrogen) atoms. The molecule has 0 aliphatic rings. The van der Waals surface area contributed by atoms with Gasteiger partial charge in [-0.15, -0.1) is 0 Å². The molecule has 0 aliphatic carbocycles. The Hall–Kier alpha value is -3.54. The Balaban J connectivity index is 1.72.